The second kappa shape index (κ2) is 10.8. The number of ether oxygens (including phenoxy) is 1. The highest BCUT2D eigenvalue weighted by Gasteiger charge is 2.22. The predicted octanol–water partition coefficient (Wildman–Crippen LogP) is 4.14. The van der Waals surface area contributed by atoms with Gasteiger partial charge in [0, 0.05) is 19.3 Å². The van der Waals surface area contributed by atoms with E-state index in [4.69, 9.17) is 4.74 Å². The maximum atomic E-state index is 5.48. The van der Waals surface area contributed by atoms with E-state index in [0.717, 1.165) is 25.2 Å². The van der Waals surface area contributed by atoms with E-state index in [9.17, 15) is 0 Å². The fraction of sp³-hybridized carbons (Fsp3) is 1.00. The van der Waals surface area contributed by atoms with Gasteiger partial charge >= 0.3 is 0 Å². The van der Waals surface area contributed by atoms with Crippen LogP contribution in [0.2, 0.25) is 0 Å². The van der Waals surface area contributed by atoms with Crippen molar-refractivity contribution >= 4 is 0 Å². The Hall–Kier alpha value is -0.0800. The smallest absolute Gasteiger partial charge is 0.0469 e. The van der Waals surface area contributed by atoms with Gasteiger partial charge in [0.15, 0.2) is 0 Å². The lowest BCUT2D eigenvalue weighted by molar-refractivity contribution is 0.0522. The zero-order chi connectivity index (χ0) is 13.1. The Bertz CT molecular complexity index is 178. The maximum Gasteiger partial charge on any atom is 0.0469 e. The van der Waals surface area contributed by atoms with Crippen molar-refractivity contribution in [2.45, 2.75) is 77.7 Å². The molecule has 0 saturated carbocycles. The molecule has 2 heteroatoms. The molecule has 1 rings (SSSR count). The third-order valence-corrected chi connectivity index (χ3v) is 4.11. The number of nitrogens with one attached hydrogen (secondary N) is 1. The molecule has 1 aliphatic rings. The van der Waals surface area contributed by atoms with Crippen molar-refractivity contribution in [1.82, 2.24) is 5.32 Å². The van der Waals surface area contributed by atoms with Gasteiger partial charge in [-0.05, 0) is 38.1 Å². The van der Waals surface area contributed by atoms with Crippen molar-refractivity contribution in [3.05, 3.63) is 0 Å². The van der Waals surface area contributed by atoms with Gasteiger partial charge in [-0.2, -0.15) is 0 Å². The van der Waals surface area contributed by atoms with Crippen molar-refractivity contribution in [1.29, 1.82) is 0 Å². The number of hydrogen-bond acceptors (Lipinski definition) is 2. The quantitative estimate of drug-likeness (QED) is 0.592. The molecule has 1 saturated heterocycles. The number of hydrogen-bond donors (Lipinski definition) is 1. The highest BCUT2D eigenvalue weighted by Crippen LogP contribution is 2.22. The average Bonchev–Trinajstić information content (AvgIpc) is 2.43. The summed E-state index contributed by atoms with van der Waals surface area (Å²) in [4.78, 5) is 0. The van der Waals surface area contributed by atoms with Gasteiger partial charge in [-0.25, -0.2) is 0 Å². The van der Waals surface area contributed by atoms with E-state index in [1.807, 2.05) is 0 Å². The number of rotatable bonds is 10. The van der Waals surface area contributed by atoms with Crippen LogP contribution in [0.3, 0.4) is 0 Å². The summed E-state index contributed by atoms with van der Waals surface area (Å²) >= 11 is 0. The Morgan fingerprint density at radius 1 is 1.00 bits per heavy atom. The van der Waals surface area contributed by atoms with Crippen LogP contribution in [0.15, 0.2) is 0 Å². The Labute approximate surface area is 114 Å². The van der Waals surface area contributed by atoms with Crippen LogP contribution in [-0.4, -0.2) is 25.8 Å². The standard InChI is InChI=1S/C16H33NO/c1-3-5-6-7-8-9-16(17-12-4-2)15-10-13-18-14-11-15/h15-17H,3-14H2,1-2H3. The Kier molecular flexibility index (Phi) is 9.59. The van der Waals surface area contributed by atoms with Crippen LogP contribution in [0.4, 0.5) is 0 Å². The lowest BCUT2D eigenvalue weighted by Crippen LogP contribution is -2.39. The van der Waals surface area contributed by atoms with Crippen LogP contribution in [-0.2, 0) is 4.74 Å². The van der Waals surface area contributed by atoms with Gasteiger partial charge in [0.05, 0.1) is 0 Å². The Morgan fingerprint density at radius 2 is 1.72 bits per heavy atom. The zero-order valence-electron chi connectivity index (χ0n) is 12.5. The molecule has 0 aromatic heterocycles. The van der Waals surface area contributed by atoms with Gasteiger partial charge < -0.3 is 10.1 Å². The van der Waals surface area contributed by atoms with Crippen molar-refractivity contribution in [3.63, 3.8) is 0 Å². The molecule has 2 nitrogen and oxygen atoms in total. The third-order valence-electron chi connectivity index (χ3n) is 4.11. The fourth-order valence-electron chi connectivity index (χ4n) is 2.92. The molecule has 0 radical (unpaired) electrons. The molecule has 18 heavy (non-hydrogen) atoms. The second-order valence-corrected chi connectivity index (χ2v) is 5.71. The second-order valence-electron chi connectivity index (χ2n) is 5.71. The molecule has 1 aliphatic heterocycles. The minimum absolute atomic E-state index is 0.746. The van der Waals surface area contributed by atoms with E-state index in [1.54, 1.807) is 0 Å². The molecule has 1 heterocycles. The molecule has 1 N–H and O–H groups in total. The molecule has 1 fully saturated rings. The highest BCUT2D eigenvalue weighted by atomic mass is 16.5. The topological polar surface area (TPSA) is 21.3 Å². The van der Waals surface area contributed by atoms with Gasteiger partial charge in [-0.15, -0.1) is 0 Å². The number of unbranched alkanes of at least 4 members (excludes halogenated alkanes) is 4. The summed E-state index contributed by atoms with van der Waals surface area (Å²) in [6.45, 7) is 7.68. The van der Waals surface area contributed by atoms with Crippen LogP contribution in [0.25, 0.3) is 0 Å². The first-order valence-electron chi connectivity index (χ1n) is 8.19. The molecular formula is C16H33NO. The van der Waals surface area contributed by atoms with Crippen molar-refractivity contribution in [2.24, 2.45) is 5.92 Å². The fourth-order valence-corrected chi connectivity index (χ4v) is 2.92. The lowest BCUT2D eigenvalue weighted by atomic mass is 9.88. The van der Waals surface area contributed by atoms with E-state index in [2.05, 4.69) is 19.2 Å². The first-order chi connectivity index (χ1) is 8.88. The molecule has 1 unspecified atom stereocenters. The zero-order valence-corrected chi connectivity index (χ0v) is 12.5. The van der Waals surface area contributed by atoms with Crippen molar-refractivity contribution in [3.8, 4) is 0 Å². The summed E-state index contributed by atoms with van der Waals surface area (Å²) < 4.78 is 5.48. The van der Waals surface area contributed by atoms with Gasteiger partial charge in [-0.3, -0.25) is 0 Å². The summed E-state index contributed by atoms with van der Waals surface area (Å²) in [5.74, 6) is 0.858. The van der Waals surface area contributed by atoms with E-state index < -0.39 is 0 Å². The molecule has 108 valence electrons. The maximum absolute atomic E-state index is 5.48. The van der Waals surface area contributed by atoms with Crippen LogP contribution in [0, 0.1) is 5.92 Å². The van der Waals surface area contributed by atoms with Gasteiger partial charge in [0.25, 0.3) is 0 Å². The molecule has 0 aromatic carbocycles. The average molecular weight is 255 g/mol. The largest absolute Gasteiger partial charge is 0.381 e. The van der Waals surface area contributed by atoms with E-state index in [0.29, 0.717) is 0 Å². The summed E-state index contributed by atoms with van der Waals surface area (Å²) in [5, 5.41) is 3.77. The van der Waals surface area contributed by atoms with Crippen molar-refractivity contribution < 1.29 is 4.74 Å². The molecule has 0 aliphatic carbocycles. The molecule has 0 spiro atoms. The van der Waals surface area contributed by atoms with Crippen LogP contribution < -0.4 is 5.32 Å². The Morgan fingerprint density at radius 3 is 2.39 bits per heavy atom. The van der Waals surface area contributed by atoms with E-state index in [-0.39, 0.29) is 0 Å². The van der Waals surface area contributed by atoms with Gasteiger partial charge in [-0.1, -0.05) is 46.0 Å². The highest BCUT2D eigenvalue weighted by molar-refractivity contribution is 4.78. The van der Waals surface area contributed by atoms with Crippen LogP contribution in [0.1, 0.15) is 71.6 Å². The monoisotopic (exact) mass is 255 g/mol. The SMILES string of the molecule is CCCCCCCC(NCCC)C1CCOCC1. The predicted molar refractivity (Wildman–Crippen MR) is 79.0 cm³/mol. The minimum atomic E-state index is 0.746. The molecule has 1 atom stereocenters. The molecule has 0 aromatic rings. The molecule has 0 bridgehead atoms. The van der Waals surface area contributed by atoms with Crippen LogP contribution >= 0.6 is 0 Å². The van der Waals surface area contributed by atoms with Gasteiger partial charge in [0.2, 0.25) is 0 Å². The summed E-state index contributed by atoms with van der Waals surface area (Å²) in [7, 11) is 0. The first-order valence-corrected chi connectivity index (χ1v) is 8.19. The minimum Gasteiger partial charge on any atom is -0.381 e. The first kappa shape index (κ1) is 16.0. The lowest BCUT2D eigenvalue weighted by Gasteiger charge is -2.31. The summed E-state index contributed by atoms with van der Waals surface area (Å²) in [6, 6.07) is 0.746. The van der Waals surface area contributed by atoms with Crippen LogP contribution in [0.5, 0.6) is 0 Å². The van der Waals surface area contributed by atoms with Gasteiger partial charge in [0.1, 0.15) is 0 Å². The van der Waals surface area contributed by atoms with E-state index >= 15 is 0 Å². The normalized spacial score (nSPS) is 19.0. The van der Waals surface area contributed by atoms with E-state index in [1.165, 1.54) is 64.3 Å². The molecule has 0 amide bonds. The third kappa shape index (κ3) is 6.75. The summed E-state index contributed by atoms with van der Waals surface area (Å²) in [6.07, 6.45) is 12.1. The molecular weight excluding hydrogens is 222 g/mol. The van der Waals surface area contributed by atoms with Crippen molar-refractivity contribution in [2.75, 3.05) is 19.8 Å². The Balaban J connectivity index is 2.21. The summed E-state index contributed by atoms with van der Waals surface area (Å²) in [5.41, 5.74) is 0.